The van der Waals surface area contributed by atoms with Crippen LogP contribution in [0.1, 0.15) is 31.0 Å². The van der Waals surface area contributed by atoms with E-state index in [0.717, 1.165) is 22.2 Å². The molecular weight excluding hydrogens is 280 g/mol. The summed E-state index contributed by atoms with van der Waals surface area (Å²) in [5, 5.41) is 12.8. The van der Waals surface area contributed by atoms with Crippen LogP contribution in [0.25, 0.3) is 0 Å². The third-order valence-electron chi connectivity index (χ3n) is 2.43. The van der Waals surface area contributed by atoms with E-state index in [1.165, 1.54) is 0 Å². The van der Waals surface area contributed by atoms with Gasteiger partial charge >= 0.3 is 0 Å². The molecule has 1 aromatic heterocycles. The molecule has 0 saturated heterocycles. The second kappa shape index (κ2) is 7.26. The zero-order valence-corrected chi connectivity index (χ0v) is 13.6. The molecule has 0 spiro atoms. The normalized spacial score (nSPS) is 11.6. The lowest BCUT2D eigenvalue weighted by atomic mass is 10.1. The molecule has 0 fully saturated rings. The van der Waals surface area contributed by atoms with Crippen molar-refractivity contribution in [2.45, 2.75) is 38.5 Å². The van der Waals surface area contributed by atoms with Crippen molar-refractivity contribution in [1.82, 2.24) is 9.88 Å². The fourth-order valence-corrected chi connectivity index (χ4v) is 3.21. The molecule has 0 saturated carbocycles. The number of nitrogens with zero attached hydrogens (tertiary/aromatic N) is 2. The Morgan fingerprint density at radius 1 is 1.58 bits per heavy atom. The van der Waals surface area contributed by atoms with Gasteiger partial charge in [-0.3, -0.25) is 4.79 Å². The first-order valence-corrected chi connectivity index (χ1v) is 8.26. The molecule has 1 aromatic rings. The molecule has 0 aliphatic heterocycles. The second-order valence-electron chi connectivity index (χ2n) is 5.22. The number of aryl methyl sites for hydroxylation is 1. The molecule has 0 bridgehead atoms. The van der Waals surface area contributed by atoms with Crippen LogP contribution in [0, 0.1) is 6.92 Å². The Bertz CT molecular complexity index is 413. The molecule has 0 atom stereocenters. The number of thioether (sulfide) groups is 1. The number of carbonyl (C=O) groups excluding carboxylic acids is 1. The lowest BCUT2D eigenvalue weighted by Gasteiger charge is -2.25. The molecule has 0 aliphatic carbocycles. The largest absolute Gasteiger partial charge is 0.389 e. The predicted molar refractivity (Wildman–Crippen MR) is 81.6 cm³/mol. The maximum atomic E-state index is 11.8. The summed E-state index contributed by atoms with van der Waals surface area (Å²) >= 11 is 3.37. The molecule has 0 aromatic carbocycles. The second-order valence-corrected chi connectivity index (χ2v) is 7.39. The standard InChI is InChI=1S/C13H22N2O2S2/c1-10-14-11(8-19-10)7-18-6-5-12(16)15(4)9-13(2,3)17/h8,17H,5-7,9H2,1-4H3. The van der Waals surface area contributed by atoms with Crippen molar-refractivity contribution < 1.29 is 9.90 Å². The molecule has 1 rings (SSSR count). The summed E-state index contributed by atoms with van der Waals surface area (Å²) < 4.78 is 0. The van der Waals surface area contributed by atoms with Gasteiger partial charge < -0.3 is 10.0 Å². The molecule has 4 nitrogen and oxygen atoms in total. The zero-order valence-electron chi connectivity index (χ0n) is 12.0. The summed E-state index contributed by atoms with van der Waals surface area (Å²) in [6.45, 7) is 5.77. The van der Waals surface area contributed by atoms with Gasteiger partial charge in [0.15, 0.2) is 0 Å². The van der Waals surface area contributed by atoms with Crippen LogP contribution in [0.2, 0.25) is 0 Å². The minimum atomic E-state index is -0.838. The van der Waals surface area contributed by atoms with E-state index in [2.05, 4.69) is 10.4 Å². The highest BCUT2D eigenvalue weighted by Crippen LogP contribution is 2.16. The lowest BCUT2D eigenvalue weighted by Crippen LogP contribution is -2.39. The van der Waals surface area contributed by atoms with Crippen molar-refractivity contribution in [3.05, 3.63) is 16.1 Å². The fraction of sp³-hybridized carbons (Fsp3) is 0.692. The van der Waals surface area contributed by atoms with E-state index < -0.39 is 5.60 Å². The van der Waals surface area contributed by atoms with Gasteiger partial charge in [-0.2, -0.15) is 11.8 Å². The number of aromatic nitrogens is 1. The van der Waals surface area contributed by atoms with E-state index in [-0.39, 0.29) is 5.91 Å². The van der Waals surface area contributed by atoms with E-state index in [0.29, 0.717) is 13.0 Å². The number of aliphatic hydroxyl groups is 1. The van der Waals surface area contributed by atoms with Crippen molar-refractivity contribution >= 4 is 29.0 Å². The van der Waals surface area contributed by atoms with Crippen molar-refractivity contribution in [1.29, 1.82) is 0 Å². The monoisotopic (exact) mass is 302 g/mol. The number of carbonyl (C=O) groups is 1. The molecule has 19 heavy (non-hydrogen) atoms. The molecule has 0 aliphatic rings. The van der Waals surface area contributed by atoms with E-state index in [1.807, 2.05) is 6.92 Å². The third kappa shape index (κ3) is 6.94. The van der Waals surface area contributed by atoms with Crippen LogP contribution in [0.4, 0.5) is 0 Å². The van der Waals surface area contributed by atoms with Crippen molar-refractivity contribution in [3.63, 3.8) is 0 Å². The predicted octanol–water partition coefficient (Wildman–Crippen LogP) is 2.30. The Labute approximate surface area is 123 Å². The van der Waals surface area contributed by atoms with E-state index >= 15 is 0 Å². The first-order chi connectivity index (χ1) is 8.78. The van der Waals surface area contributed by atoms with Gasteiger partial charge in [0.2, 0.25) is 5.91 Å². The van der Waals surface area contributed by atoms with Crippen molar-refractivity contribution in [3.8, 4) is 0 Å². The molecule has 0 radical (unpaired) electrons. The Morgan fingerprint density at radius 2 is 2.26 bits per heavy atom. The summed E-state index contributed by atoms with van der Waals surface area (Å²) in [5.74, 6) is 1.71. The Kier molecular flexibility index (Phi) is 6.29. The highest BCUT2D eigenvalue weighted by Gasteiger charge is 2.18. The minimum absolute atomic E-state index is 0.0732. The summed E-state index contributed by atoms with van der Waals surface area (Å²) in [6, 6.07) is 0. The molecular formula is C13H22N2O2S2. The summed E-state index contributed by atoms with van der Waals surface area (Å²) in [4.78, 5) is 17.8. The SMILES string of the molecule is Cc1nc(CSCCC(=O)N(C)CC(C)(C)O)cs1. The van der Waals surface area contributed by atoms with Crippen LogP contribution >= 0.6 is 23.1 Å². The van der Waals surface area contributed by atoms with Gasteiger partial charge in [0.25, 0.3) is 0 Å². The number of amides is 1. The highest BCUT2D eigenvalue weighted by atomic mass is 32.2. The zero-order chi connectivity index (χ0) is 14.5. The number of hydrogen-bond acceptors (Lipinski definition) is 5. The Morgan fingerprint density at radius 3 is 2.79 bits per heavy atom. The number of thiazole rings is 1. The minimum Gasteiger partial charge on any atom is -0.389 e. The first kappa shape index (κ1) is 16.5. The average Bonchev–Trinajstić information content (AvgIpc) is 2.68. The van der Waals surface area contributed by atoms with Crippen molar-refractivity contribution in [2.75, 3.05) is 19.3 Å². The van der Waals surface area contributed by atoms with E-state index in [4.69, 9.17) is 0 Å². The number of hydrogen-bond donors (Lipinski definition) is 1. The molecule has 1 amide bonds. The Balaban J connectivity index is 2.20. The summed E-state index contributed by atoms with van der Waals surface area (Å²) in [6.07, 6.45) is 0.500. The maximum absolute atomic E-state index is 11.8. The van der Waals surface area contributed by atoms with Crippen LogP contribution in [-0.4, -0.2) is 45.8 Å². The smallest absolute Gasteiger partial charge is 0.223 e. The number of likely N-dealkylation sites (N-methyl/N-ethyl adjacent to an activating group) is 1. The van der Waals surface area contributed by atoms with Gasteiger partial charge in [-0.1, -0.05) is 0 Å². The van der Waals surface area contributed by atoms with Crippen LogP contribution in [0.15, 0.2) is 5.38 Å². The number of rotatable bonds is 7. The summed E-state index contributed by atoms with van der Waals surface area (Å²) in [7, 11) is 1.73. The average molecular weight is 302 g/mol. The van der Waals surface area contributed by atoms with E-state index in [1.54, 1.807) is 48.9 Å². The van der Waals surface area contributed by atoms with Crippen LogP contribution in [0.3, 0.4) is 0 Å². The van der Waals surface area contributed by atoms with Gasteiger partial charge in [0.1, 0.15) is 0 Å². The summed E-state index contributed by atoms with van der Waals surface area (Å²) in [5.41, 5.74) is 0.250. The van der Waals surface area contributed by atoms with Gasteiger partial charge in [-0.05, 0) is 20.8 Å². The van der Waals surface area contributed by atoms with Gasteiger partial charge in [0, 0.05) is 36.9 Å². The van der Waals surface area contributed by atoms with Gasteiger partial charge in [-0.15, -0.1) is 11.3 Å². The van der Waals surface area contributed by atoms with Crippen LogP contribution in [-0.2, 0) is 10.5 Å². The molecule has 0 unspecified atom stereocenters. The van der Waals surface area contributed by atoms with Crippen LogP contribution < -0.4 is 0 Å². The lowest BCUT2D eigenvalue weighted by molar-refractivity contribution is -0.132. The van der Waals surface area contributed by atoms with Gasteiger partial charge in [0.05, 0.1) is 16.3 Å². The quantitative estimate of drug-likeness (QED) is 0.785. The molecule has 6 heteroatoms. The van der Waals surface area contributed by atoms with E-state index in [9.17, 15) is 9.90 Å². The van der Waals surface area contributed by atoms with Crippen LogP contribution in [0.5, 0.6) is 0 Å². The molecule has 1 heterocycles. The fourth-order valence-electron chi connectivity index (χ4n) is 1.67. The third-order valence-corrected chi connectivity index (χ3v) is 4.24. The molecule has 1 N–H and O–H groups in total. The maximum Gasteiger partial charge on any atom is 0.223 e. The van der Waals surface area contributed by atoms with Gasteiger partial charge in [-0.25, -0.2) is 4.98 Å². The highest BCUT2D eigenvalue weighted by molar-refractivity contribution is 7.98. The first-order valence-electron chi connectivity index (χ1n) is 6.23. The topological polar surface area (TPSA) is 53.4 Å². The Hall–Kier alpha value is -0.590. The molecule has 108 valence electrons. The van der Waals surface area contributed by atoms with Crippen molar-refractivity contribution in [2.24, 2.45) is 0 Å².